The van der Waals surface area contributed by atoms with Crippen LogP contribution in [0.3, 0.4) is 0 Å². The summed E-state index contributed by atoms with van der Waals surface area (Å²) in [5.74, 6) is 0.0686. The van der Waals surface area contributed by atoms with Crippen LogP contribution in [0.5, 0.6) is 11.5 Å². The summed E-state index contributed by atoms with van der Waals surface area (Å²) in [4.78, 5) is 13.5. The van der Waals surface area contributed by atoms with Crippen molar-refractivity contribution in [3.8, 4) is 11.5 Å². The fourth-order valence-electron chi connectivity index (χ4n) is 1.53. The lowest BCUT2D eigenvalue weighted by Gasteiger charge is -2.18. The Bertz CT molecular complexity index is 417. The fraction of sp³-hybridized carbons (Fsp3) is 0.462. The van der Waals surface area contributed by atoms with Gasteiger partial charge in [0.1, 0.15) is 0 Å². The molecule has 1 rings (SSSR count). The molecule has 0 aliphatic carbocycles. The molecule has 5 nitrogen and oxygen atoms in total. The molecule has 0 bridgehead atoms. The molecule has 1 amide bonds. The number of methoxy groups -OCH3 is 1. The van der Waals surface area contributed by atoms with Gasteiger partial charge in [0.25, 0.3) is 5.91 Å². The van der Waals surface area contributed by atoms with E-state index in [2.05, 4.69) is 0 Å². The van der Waals surface area contributed by atoms with Crippen molar-refractivity contribution in [3.05, 3.63) is 23.8 Å². The van der Waals surface area contributed by atoms with E-state index in [1.807, 2.05) is 0 Å². The highest BCUT2D eigenvalue weighted by Crippen LogP contribution is 2.26. The second-order valence-corrected chi connectivity index (χ2v) is 4.25. The quantitative estimate of drug-likeness (QED) is 0.828. The fourth-order valence-corrected chi connectivity index (χ4v) is 1.53. The van der Waals surface area contributed by atoms with Crippen LogP contribution in [0.2, 0.25) is 0 Å². The van der Waals surface area contributed by atoms with E-state index in [4.69, 9.17) is 4.74 Å². The van der Waals surface area contributed by atoms with E-state index in [-0.39, 0.29) is 11.7 Å². The van der Waals surface area contributed by atoms with E-state index in [1.54, 1.807) is 26.1 Å². The monoisotopic (exact) mass is 253 g/mol. The van der Waals surface area contributed by atoms with Gasteiger partial charge in [0.2, 0.25) is 0 Å². The number of aromatic hydroxyl groups is 1. The first-order valence-electron chi connectivity index (χ1n) is 5.76. The minimum absolute atomic E-state index is 0.0627. The van der Waals surface area contributed by atoms with Crippen LogP contribution in [0.25, 0.3) is 0 Å². The highest BCUT2D eigenvalue weighted by molar-refractivity contribution is 5.94. The van der Waals surface area contributed by atoms with Crippen molar-refractivity contribution in [3.63, 3.8) is 0 Å². The molecule has 0 aliphatic heterocycles. The highest BCUT2D eigenvalue weighted by Gasteiger charge is 2.14. The summed E-state index contributed by atoms with van der Waals surface area (Å²) in [6, 6.07) is 4.52. The highest BCUT2D eigenvalue weighted by atomic mass is 16.5. The van der Waals surface area contributed by atoms with Gasteiger partial charge in [-0.05, 0) is 31.5 Å². The largest absolute Gasteiger partial charge is 0.504 e. The number of carbonyl (C=O) groups excluding carboxylic acids is 1. The number of hydrogen-bond acceptors (Lipinski definition) is 4. The first kappa shape index (κ1) is 14.3. The van der Waals surface area contributed by atoms with Crippen molar-refractivity contribution in [2.45, 2.75) is 19.4 Å². The van der Waals surface area contributed by atoms with Crippen molar-refractivity contribution in [1.29, 1.82) is 0 Å². The second kappa shape index (κ2) is 6.26. The molecule has 5 heteroatoms. The predicted octanol–water partition coefficient (Wildman–Crippen LogP) is 1.24. The molecule has 1 atom stereocenters. The number of phenols is 1. The van der Waals surface area contributed by atoms with Crippen LogP contribution in [0.15, 0.2) is 18.2 Å². The van der Waals surface area contributed by atoms with E-state index < -0.39 is 6.10 Å². The molecule has 100 valence electrons. The number of amides is 1. The second-order valence-electron chi connectivity index (χ2n) is 4.25. The molecule has 18 heavy (non-hydrogen) atoms. The molecule has 1 aromatic carbocycles. The predicted molar refractivity (Wildman–Crippen MR) is 67.9 cm³/mol. The Morgan fingerprint density at radius 1 is 1.50 bits per heavy atom. The maximum absolute atomic E-state index is 12.0. The van der Waals surface area contributed by atoms with Crippen LogP contribution >= 0.6 is 0 Å². The summed E-state index contributed by atoms with van der Waals surface area (Å²) in [6.45, 7) is 2.14. The van der Waals surface area contributed by atoms with Gasteiger partial charge >= 0.3 is 0 Å². The third-order valence-corrected chi connectivity index (χ3v) is 2.65. The maximum Gasteiger partial charge on any atom is 0.253 e. The van der Waals surface area contributed by atoms with Gasteiger partial charge in [-0.25, -0.2) is 0 Å². The number of ether oxygens (including phenoxy) is 1. The molecule has 0 spiro atoms. The van der Waals surface area contributed by atoms with E-state index in [0.717, 1.165) is 0 Å². The van der Waals surface area contributed by atoms with E-state index in [0.29, 0.717) is 24.3 Å². The average molecular weight is 253 g/mol. The van der Waals surface area contributed by atoms with Crippen molar-refractivity contribution in [2.24, 2.45) is 0 Å². The van der Waals surface area contributed by atoms with Gasteiger partial charge in [0, 0.05) is 19.2 Å². The van der Waals surface area contributed by atoms with E-state index in [1.165, 1.54) is 18.1 Å². The summed E-state index contributed by atoms with van der Waals surface area (Å²) >= 11 is 0. The van der Waals surface area contributed by atoms with Crippen LogP contribution in [0.1, 0.15) is 23.7 Å². The lowest BCUT2D eigenvalue weighted by Crippen LogP contribution is -2.29. The van der Waals surface area contributed by atoms with Crippen molar-refractivity contribution >= 4 is 5.91 Å². The molecule has 0 aromatic heterocycles. The smallest absolute Gasteiger partial charge is 0.253 e. The Morgan fingerprint density at radius 2 is 2.17 bits per heavy atom. The zero-order valence-corrected chi connectivity index (χ0v) is 10.9. The Labute approximate surface area is 107 Å². The van der Waals surface area contributed by atoms with Gasteiger partial charge in [0.15, 0.2) is 11.5 Å². The van der Waals surface area contributed by atoms with Crippen molar-refractivity contribution in [2.75, 3.05) is 20.7 Å². The van der Waals surface area contributed by atoms with Crippen molar-refractivity contribution in [1.82, 2.24) is 4.90 Å². The Balaban J connectivity index is 2.74. The van der Waals surface area contributed by atoms with E-state index >= 15 is 0 Å². The number of hydrogen-bond donors (Lipinski definition) is 2. The standard InChI is InChI=1S/C13H19NO4/c1-9(15)6-7-14(2)13(17)10-4-5-12(18-3)11(16)8-10/h4-5,8-9,15-16H,6-7H2,1-3H3. The summed E-state index contributed by atoms with van der Waals surface area (Å²) in [5, 5.41) is 18.8. The number of aliphatic hydroxyl groups excluding tert-OH is 1. The maximum atomic E-state index is 12.0. The van der Waals surface area contributed by atoms with Crippen molar-refractivity contribution < 1.29 is 19.7 Å². The number of rotatable bonds is 5. The van der Waals surface area contributed by atoms with Gasteiger partial charge in [-0.2, -0.15) is 0 Å². The first-order chi connectivity index (χ1) is 8.45. The SMILES string of the molecule is COc1ccc(C(=O)N(C)CCC(C)O)cc1O. The summed E-state index contributed by atoms with van der Waals surface area (Å²) in [5.41, 5.74) is 0.390. The molecule has 2 N–H and O–H groups in total. The zero-order chi connectivity index (χ0) is 13.7. The average Bonchev–Trinajstić information content (AvgIpc) is 2.34. The van der Waals surface area contributed by atoms with Gasteiger partial charge in [-0.3, -0.25) is 4.79 Å². The molecule has 0 aliphatic rings. The number of carbonyl (C=O) groups is 1. The summed E-state index contributed by atoms with van der Waals surface area (Å²) in [6.07, 6.45) is 0.0780. The summed E-state index contributed by atoms with van der Waals surface area (Å²) < 4.78 is 4.91. The Hall–Kier alpha value is -1.75. The number of nitrogens with zero attached hydrogens (tertiary/aromatic N) is 1. The molecular weight excluding hydrogens is 234 g/mol. The molecule has 1 aromatic rings. The van der Waals surface area contributed by atoms with Crippen LogP contribution in [-0.2, 0) is 0 Å². The lowest BCUT2D eigenvalue weighted by molar-refractivity contribution is 0.0768. The molecule has 0 saturated heterocycles. The Kier molecular flexibility index (Phi) is 4.97. The van der Waals surface area contributed by atoms with Gasteiger partial charge < -0.3 is 19.8 Å². The molecular formula is C13H19NO4. The number of phenolic OH excluding ortho intramolecular Hbond substituents is 1. The van der Waals surface area contributed by atoms with Crippen LogP contribution in [0.4, 0.5) is 0 Å². The number of benzene rings is 1. The van der Waals surface area contributed by atoms with Crippen LogP contribution < -0.4 is 4.74 Å². The van der Waals surface area contributed by atoms with Gasteiger partial charge in [0.05, 0.1) is 13.2 Å². The Morgan fingerprint density at radius 3 is 2.67 bits per heavy atom. The molecule has 0 fully saturated rings. The van der Waals surface area contributed by atoms with E-state index in [9.17, 15) is 15.0 Å². The molecule has 1 unspecified atom stereocenters. The first-order valence-corrected chi connectivity index (χ1v) is 5.76. The van der Waals surface area contributed by atoms with Gasteiger partial charge in [-0.1, -0.05) is 0 Å². The topological polar surface area (TPSA) is 70.0 Å². The minimum atomic E-state index is -0.440. The lowest BCUT2D eigenvalue weighted by atomic mass is 10.1. The summed E-state index contributed by atoms with van der Waals surface area (Å²) in [7, 11) is 3.11. The van der Waals surface area contributed by atoms with Gasteiger partial charge in [-0.15, -0.1) is 0 Å². The zero-order valence-electron chi connectivity index (χ0n) is 10.9. The molecule has 0 saturated carbocycles. The third kappa shape index (κ3) is 3.63. The van der Waals surface area contributed by atoms with Crippen LogP contribution in [0, 0.1) is 0 Å². The molecule has 0 heterocycles. The molecule has 0 radical (unpaired) electrons. The normalized spacial score (nSPS) is 12.0. The number of aliphatic hydroxyl groups is 1. The minimum Gasteiger partial charge on any atom is -0.504 e. The van der Waals surface area contributed by atoms with Crippen LogP contribution in [-0.4, -0.2) is 47.8 Å². The third-order valence-electron chi connectivity index (χ3n) is 2.65.